The Bertz CT molecular complexity index is 614. The highest BCUT2D eigenvalue weighted by Gasteiger charge is 2.08. The molecule has 1 aromatic carbocycles. The summed E-state index contributed by atoms with van der Waals surface area (Å²) in [7, 11) is 0. The van der Waals surface area contributed by atoms with Crippen LogP contribution in [0.25, 0.3) is 0 Å². The molecule has 2 aromatic rings. The van der Waals surface area contributed by atoms with E-state index in [1.165, 1.54) is 12.1 Å². The van der Waals surface area contributed by atoms with Crippen LogP contribution in [0, 0.1) is 11.6 Å². The van der Waals surface area contributed by atoms with E-state index >= 15 is 0 Å². The lowest BCUT2D eigenvalue weighted by Gasteiger charge is -2.14. The summed E-state index contributed by atoms with van der Waals surface area (Å²) >= 11 is 0. The van der Waals surface area contributed by atoms with Crippen molar-refractivity contribution in [1.29, 1.82) is 0 Å². The Morgan fingerprint density at radius 1 is 1.18 bits per heavy atom. The van der Waals surface area contributed by atoms with Gasteiger partial charge in [-0.3, -0.25) is 9.78 Å². The van der Waals surface area contributed by atoms with Gasteiger partial charge < -0.3 is 10.6 Å². The summed E-state index contributed by atoms with van der Waals surface area (Å²) in [6.07, 6.45) is 3.37. The second-order valence-corrected chi connectivity index (χ2v) is 4.94. The van der Waals surface area contributed by atoms with Gasteiger partial charge in [0, 0.05) is 31.0 Å². The maximum atomic E-state index is 13.0. The van der Waals surface area contributed by atoms with Crippen LogP contribution >= 0.6 is 0 Å². The average Bonchev–Trinajstić information content (AvgIpc) is 2.50. The summed E-state index contributed by atoms with van der Waals surface area (Å²) in [5.74, 6) is -1.56. The van der Waals surface area contributed by atoms with Gasteiger partial charge in [-0.2, -0.15) is 0 Å². The van der Waals surface area contributed by atoms with E-state index in [0.717, 1.165) is 11.6 Å². The van der Waals surface area contributed by atoms with Gasteiger partial charge in [0.1, 0.15) is 11.6 Å². The first-order valence-electron chi connectivity index (χ1n) is 6.89. The van der Waals surface area contributed by atoms with Gasteiger partial charge in [-0.15, -0.1) is 0 Å². The topological polar surface area (TPSA) is 54.0 Å². The van der Waals surface area contributed by atoms with Gasteiger partial charge in [0.15, 0.2) is 0 Å². The standard InChI is InChI=1S/C16H17F2N3O/c1-11(13-2-4-19-5-3-13)20-10-16(22)21-9-12-6-14(17)8-15(18)7-12/h2-8,11,20H,9-10H2,1H3,(H,21,22)/t11-/m1/s1. The van der Waals surface area contributed by atoms with Gasteiger partial charge in [-0.05, 0) is 42.3 Å². The molecule has 22 heavy (non-hydrogen) atoms. The Balaban J connectivity index is 1.78. The summed E-state index contributed by atoms with van der Waals surface area (Å²) in [6.45, 7) is 2.13. The van der Waals surface area contributed by atoms with Crippen LogP contribution in [0.5, 0.6) is 0 Å². The highest BCUT2D eigenvalue weighted by atomic mass is 19.1. The average molecular weight is 305 g/mol. The second-order valence-electron chi connectivity index (χ2n) is 4.94. The number of hydrogen-bond acceptors (Lipinski definition) is 3. The zero-order chi connectivity index (χ0) is 15.9. The molecule has 0 radical (unpaired) electrons. The van der Waals surface area contributed by atoms with E-state index in [9.17, 15) is 13.6 Å². The largest absolute Gasteiger partial charge is 0.351 e. The molecule has 1 aromatic heterocycles. The molecule has 2 rings (SSSR count). The van der Waals surface area contributed by atoms with Gasteiger partial charge in [-0.1, -0.05) is 0 Å². The molecule has 0 aliphatic carbocycles. The van der Waals surface area contributed by atoms with Crippen LogP contribution < -0.4 is 10.6 Å². The number of nitrogens with zero attached hydrogens (tertiary/aromatic N) is 1. The summed E-state index contributed by atoms with van der Waals surface area (Å²) in [4.78, 5) is 15.7. The molecule has 0 spiro atoms. The Morgan fingerprint density at radius 2 is 1.82 bits per heavy atom. The van der Waals surface area contributed by atoms with Crippen LogP contribution in [-0.2, 0) is 11.3 Å². The predicted molar refractivity (Wildman–Crippen MR) is 78.9 cm³/mol. The number of carbonyl (C=O) groups excluding carboxylic acids is 1. The van der Waals surface area contributed by atoms with Crippen LogP contribution in [0.4, 0.5) is 8.78 Å². The number of amides is 1. The lowest BCUT2D eigenvalue weighted by Crippen LogP contribution is -2.34. The van der Waals surface area contributed by atoms with E-state index in [0.29, 0.717) is 5.56 Å². The van der Waals surface area contributed by atoms with Crippen molar-refractivity contribution in [3.05, 3.63) is 65.5 Å². The molecule has 0 saturated carbocycles. The molecule has 0 unspecified atom stereocenters. The number of benzene rings is 1. The van der Waals surface area contributed by atoms with Crippen molar-refractivity contribution in [2.75, 3.05) is 6.54 Å². The number of nitrogens with one attached hydrogen (secondary N) is 2. The maximum absolute atomic E-state index is 13.0. The molecule has 0 bridgehead atoms. The summed E-state index contributed by atoms with van der Waals surface area (Å²) in [6, 6.07) is 6.91. The number of hydrogen-bond donors (Lipinski definition) is 2. The van der Waals surface area contributed by atoms with Crippen molar-refractivity contribution in [3.63, 3.8) is 0 Å². The Labute approximate surface area is 127 Å². The van der Waals surface area contributed by atoms with E-state index in [2.05, 4.69) is 15.6 Å². The third-order valence-corrected chi connectivity index (χ3v) is 3.19. The fraction of sp³-hybridized carbons (Fsp3) is 0.250. The molecule has 2 N–H and O–H groups in total. The Hall–Kier alpha value is -2.34. The zero-order valence-electron chi connectivity index (χ0n) is 12.1. The Kier molecular flexibility index (Phi) is 5.55. The first-order valence-corrected chi connectivity index (χ1v) is 6.89. The normalized spacial score (nSPS) is 12.0. The minimum atomic E-state index is -0.659. The SMILES string of the molecule is C[C@@H](NCC(=O)NCc1cc(F)cc(F)c1)c1ccncc1. The van der Waals surface area contributed by atoms with E-state index in [-0.39, 0.29) is 25.0 Å². The van der Waals surface area contributed by atoms with Gasteiger partial charge in [-0.25, -0.2) is 8.78 Å². The molecule has 4 nitrogen and oxygen atoms in total. The molecule has 0 fully saturated rings. The molecule has 0 saturated heterocycles. The molecule has 6 heteroatoms. The van der Waals surface area contributed by atoms with Crippen LogP contribution in [0.15, 0.2) is 42.7 Å². The number of rotatable bonds is 6. The summed E-state index contributed by atoms with van der Waals surface area (Å²) in [5, 5.41) is 5.68. The molecular weight excluding hydrogens is 288 g/mol. The zero-order valence-corrected chi connectivity index (χ0v) is 12.1. The first-order chi connectivity index (χ1) is 10.5. The molecule has 0 aliphatic heterocycles. The van der Waals surface area contributed by atoms with Gasteiger partial charge in [0.2, 0.25) is 5.91 Å². The van der Waals surface area contributed by atoms with E-state index in [4.69, 9.17) is 0 Å². The van der Waals surface area contributed by atoms with Gasteiger partial charge in [0.25, 0.3) is 0 Å². The smallest absolute Gasteiger partial charge is 0.234 e. The van der Waals surface area contributed by atoms with Crippen molar-refractivity contribution in [2.45, 2.75) is 19.5 Å². The van der Waals surface area contributed by atoms with Crippen LogP contribution in [0.3, 0.4) is 0 Å². The van der Waals surface area contributed by atoms with Crippen molar-refractivity contribution >= 4 is 5.91 Å². The van der Waals surface area contributed by atoms with E-state index in [1.807, 2.05) is 19.1 Å². The molecular formula is C16H17F2N3O. The second kappa shape index (κ2) is 7.61. The van der Waals surface area contributed by atoms with Gasteiger partial charge >= 0.3 is 0 Å². The van der Waals surface area contributed by atoms with Crippen molar-refractivity contribution in [3.8, 4) is 0 Å². The fourth-order valence-corrected chi connectivity index (χ4v) is 1.99. The first kappa shape index (κ1) is 16.0. The minimum Gasteiger partial charge on any atom is -0.351 e. The van der Waals surface area contributed by atoms with Crippen LogP contribution in [0.2, 0.25) is 0 Å². The number of pyridine rings is 1. The predicted octanol–water partition coefficient (Wildman–Crippen LogP) is 2.33. The lowest BCUT2D eigenvalue weighted by atomic mass is 10.1. The maximum Gasteiger partial charge on any atom is 0.234 e. The lowest BCUT2D eigenvalue weighted by molar-refractivity contribution is -0.120. The van der Waals surface area contributed by atoms with Crippen molar-refractivity contribution in [1.82, 2.24) is 15.6 Å². The summed E-state index contributed by atoms with van der Waals surface area (Å²) in [5.41, 5.74) is 1.41. The fourth-order valence-electron chi connectivity index (χ4n) is 1.99. The number of carbonyl (C=O) groups is 1. The minimum absolute atomic E-state index is 0.000337. The molecule has 0 aliphatic rings. The van der Waals surface area contributed by atoms with E-state index in [1.54, 1.807) is 12.4 Å². The van der Waals surface area contributed by atoms with Crippen LogP contribution in [0.1, 0.15) is 24.1 Å². The van der Waals surface area contributed by atoms with Crippen molar-refractivity contribution < 1.29 is 13.6 Å². The molecule has 1 heterocycles. The molecule has 1 amide bonds. The monoisotopic (exact) mass is 305 g/mol. The van der Waals surface area contributed by atoms with E-state index < -0.39 is 11.6 Å². The number of aromatic nitrogens is 1. The quantitative estimate of drug-likeness (QED) is 0.861. The number of halogens is 2. The third-order valence-electron chi connectivity index (χ3n) is 3.19. The third kappa shape index (κ3) is 4.89. The highest BCUT2D eigenvalue weighted by molar-refractivity contribution is 5.78. The molecule has 116 valence electrons. The van der Waals surface area contributed by atoms with Crippen LogP contribution in [-0.4, -0.2) is 17.4 Å². The van der Waals surface area contributed by atoms with Gasteiger partial charge in [0.05, 0.1) is 6.54 Å². The highest BCUT2D eigenvalue weighted by Crippen LogP contribution is 2.09. The Morgan fingerprint density at radius 3 is 2.45 bits per heavy atom. The van der Waals surface area contributed by atoms with Crippen molar-refractivity contribution in [2.24, 2.45) is 0 Å². The molecule has 1 atom stereocenters. The summed E-state index contributed by atoms with van der Waals surface area (Å²) < 4.78 is 26.0.